The highest BCUT2D eigenvalue weighted by molar-refractivity contribution is 7.78. The summed E-state index contributed by atoms with van der Waals surface area (Å²) in [5.41, 5.74) is 0. The van der Waals surface area contributed by atoms with Crippen LogP contribution in [0.5, 0.6) is 0 Å². The van der Waals surface area contributed by atoms with Crippen LogP contribution < -0.4 is 0 Å². The Kier molecular flexibility index (Phi) is 4.97. The van der Waals surface area contributed by atoms with Gasteiger partial charge in [-0.05, 0) is 18.6 Å². The van der Waals surface area contributed by atoms with E-state index in [2.05, 4.69) is 22.4 Å². The highest BCUT2D eigenvalue weighted by Crippen LogP contribution is 1.87. The van der Waals surface area contributed by atoms with E-state index in [1.54, 1.807) is 0 Å². The third-order valence-corrected chi connectivity index (χ3v) is 0.854. The van der Waals surface area contributed by atoms with Crippen molar-refractivity contribution in [2.75, 3.05) is 6.54 Å². The second-order valence-corrected chi connectivity index (χ2v) is 1.65. The van der Waals surface area contributed by atoms with Gasteiger partial charge in [-0.2, -0.15) is 0 Å². The zero-order valence-corrected chi connectivity index (χ0v) is 5.65. The maximum Gasteiger partial charge on any atom is 0.303 e. The van der Waals surface area contributed by atoms with E-state index >= 15 is 0 Å². The average molecular weight is 145 g/mol. The molecule has 0 radical (unpaired) electrons. The molecule has 0 fully saturated rings. The Balaban J connectivity index is 3.10. The predicted octanol–water partition coefficient (Wildman–Crippen LogP) is 0.954. The minimum absolute atomic E-state index is 0.153. The summed E-state index contributed by atoms with van der Waals surface area (Å²) in [6.07, 6.45) is 0.694. The smallest absolute Gasteiger partial charge is 0.303 e. The standard InChI is InChI=1S/C5H7NO2S/c7-5(8)2-1-3-6-4-9/h1-3H2,(H,7,8). The van der Waals surface area contributed by atoms with Gasteiger partial charge < -0.3 is 5.11 Å². The lowest BCUT2D eigenvalue weighted by Crippen LogP contribution is -1.94. The molecule has 0 aliphatic carbocycles. The molecule has 50 valence electrons. The lowest BCUT2D eigenvalue weighted by Gasteiger charge is -1.86. The van der Waals surface area contributed by atoms with Crippen molar-refractivity contribution in [1.82, 2.24) is 0 Å². The van der Waals surface area contributed by atoms with Gasteiger partial charge >= 0.3 is 5.97 Å². The van der Waals surface area contributed by atoms with E-state index in [9.17, 15) is 4.79 Å². The number of isothiocyanates is 1. The number of rotatable bonds is 4. The van der Waals surface area contributed by atoms with Crippen LogP contribution in [-0.4, -0.2) is 22.8 Å². The summed E-state index contributed by atoms with van der Waals surface area (Å²) in [6.45, 7) is 0.468. The molecule has 0 unspecified atom stereocenters. The van der Waals surface area contributed by atoms with Gasteiger partial charge in [0.1, 0.15) is 0 Å². The van der Waals surface area contributed by atoms with E-state index in [1.165, 1.54) is 0 Å². The van der Waals surface area contributed by atoms with Crippen LogP contribution in [-0.2, 0) is 4.79 Å². The molecular weight excluding hydrogens is 138 g/mol. The van der Waals surface area contributed by atoms with E-state index in [0.717, 1.165) is 0 Å². The summed E-state index contributed by atoms with van der Waals surface area (Å²) in [4.78, 5) is 13.4. The summed E-state index contributed by atoms with van der Waals surface area (Å²) in [7, 11) is 0. The summed E-state index contributed by atoms with van der Waals surface area (Å²) < 4.78 is 0. The first-order valence-electron chi connectivity index (χ1n) is 2.53. The molecule has 0 spiro atoms. The molecule has 0 aromatic rings. The Hall–Kier alpha value is -0.730. The molecule has 0 aromatic heterocycles. The largest absolute Gasteiger partial charge is 0.481 e. The van der Waals surface area contributed by atoms with Crippen molar-refractivity contribution in [2.24, 2.45) is 4.99 Å². The second kappa shape index (κ2) is 5.41. The van der Waals surface area contributed by atoms with Crippen LogP contribution in [0.4, 0.5) is 0 Å². The number of carboxylic acids is 1. The second-order valence-electron chi connectivity index (χ2n) is 1.47. The number of hydrogen-bond acceptors (Lipinski definition) is 3. The summed E-state index contributed by atoms with van der Waals surface area (Å²) in [5.74, 6) is -0.797. The van der Waals surface area contributed by atoms with Crippen LogP contribution in [0.15, 0.2) is 4.99 Å². The first kappa shape index (κ1) is 8.27. The van der Waals surface area contributed by atoms with Crippen LogP contribution in [0.3, 0.4) is 0 Å². The molecule has 0 rings (SSSR count). The van der Waals surface area contributed by atoms with Gasteiger partial charge in [-0.15, -0.1) is 0 Å². The molecule has 0 atom stereocenters. The summed E-state index contributed by atoms with van der Waals surface area (Å²) in [6, 6.07) is 0. The topological polar surface area (TPSA) is 49.7 Å². The first-order valence-corrected chi connectivity index (χ1v) is 2.93. The van der Waals surface area contributed by atoms with Gasteiger partial charge in [0.15, 0.2) is 0 Å². The molecule has 1 N–H and O–H groups in total. The van der Waals surface area contributed by atoms with E-state index < -0.39 is 5.97 Å². The van der Waals surface area contributed by atoms with Crippen molar-refractivity contribution >= 4 is 23.3 Å². The summed E-state index contributed by atoms with van der Waals surface area (Å²) >= 11 is 4.27. The lowest BCUT2D eigenvalue weighted by molar-refractivity contribution is -0.137. The van der Waals surface area contributed by atoms with Crippen LogP contribution in [0, 0.1) is 0 Å². The van der Waals surface area contributed by atoms with Gasteiger partial charge in [-0.3, -0.25) is 4.79 Å². The van der Waals surface area contributed by atoms with Crippen molar-refractivity contribution in [1.29, 1.82) is 0 Å². The van der Waals surface area contributed by atoms with Crippen LogP contribution in [0.25, 0.3) is 0 Å². The van der Waals surface area contributed by atoms with Crippen molar-refractivity contribution < 1.29 is 9.90 Å². The fourth-order valence-corrected chi connectivity index (χ4v) is 0.446. The Morgan fingerprint density at radius 2 is 2.44 bits per heavy atom. The maximum absolute atomic E-state index is 9.87. The third kappa shape index (κ3) is 7.27. The Labute approximate surface area is 58.4 Å². The number of aliphatic imine (C=N–C) groups is 1. The van der Waals surface area contributed by atoms with Gasteiger partial charge in [0.05, 0.1) is 5.16 Å². The Morgan fingerprint density at radius 1 is 1.78 bits per heavy atom. The Morgan fingerprint density at radius 3 is 2.89 bits per heavy atom. The molecule has 0 aliphatic heterocycles. The van der Waals surface area contributed by atoms with Gasteiger partial charge in [-0.1, -0.05) is 0 Å². The lowest BCUT2D eigenvalue weighted by atomic mass is 10.3. The monoisotopic (exact) mass is 145 g/mol. The first-order chi connectivity index (χ1) is 4.27. The zero-order valence-electron chi connectivity index (χ0n) is 4.83. The molecule has 0 bridgehead atoms. The molecule has 4 heteroatoms. The maximum atomic E-state index is 9.87. The van der Waals surface area contributed by atoms with Gasteiger partial charge in [0.25, 0.3) is 0 Å². The van der Waals surface area contributed by atoms with Crippen LogP contribution in [0.2, 0.25) is 0 Å². The van der Waals surface area contributed by atoms with Crippen LogP contribution in [0.1, 0.15) is 12.8 Å². The number of carboxylic acid groups (broad SMARTS) is 1. The molecule has 9 heavy (non-hydrogen) atoms. The molecule has 0 aromatic carbocycles. The normalized spacial score (nSPS) is 8.00. The van der Waals surface area contributed by atoms with Crippen molar-refractivity contribution in [3.05, 3.63) is 0 Å². The molecule has 0 heterocycles. The molecule has 0 aliphatic rings. The minimum Gasteiger partial charge on any atom is -0.481 e. The number of carbonyl (C=O) groups is 1. The minimum atomic E-state index is -0.797. The van der Waals surface area contributed by atoms with Crippen molar-refractivity contribution in [3.8, 4) is 0 Å². The van der Waals surface area contributed by atoms with Crippen LogP contribution >= 0.6 is 12.2 Å². The van der Waals surface area contributed by atoms with E-state index in [-0.39, 0.29) is 6.42 Å². The van der Waals surface area contributed by atoms with Gasteiger partial charge in [-0.25, -0.2) is 4.99 Å². The molecule has 3 nitrogen and oxygen atoms in total. The highest BCUT2D eigenvalue weighted by Gasteiger charge is 1.92. The SMILES string of the molecule is O=C(O)CCCN=C=S. The number of thiocarbonyl (C=S) groups is 1. The van der Waals surface area contributed by atoms with Gasteiger partial charge in [0.2, 0.25) is 0 Å². The predicted molar refractivity (Wildman–Crippen MR) is 36.8 cm³/mol. The summed E-state index contributed by atoms with van der Waals surface area (Å²) in [5, 5.41) is 10.3. The van der Waals surface area contributed by atoms with E-state index in [0.29, 0.717) is 13.0 Å². The number of nitrogens with zero attached hydrogens (tertiary/aromatic N) is 1. The average Bonchev–Trinajstić information content (AvgIpc) is 1.80. The van der Waals surface area contributed by atoms with E-state index in [1.807, 2.05) is 0 Å². The molecule has 0 saturated heterocycles. The van der Waals surface area contributed by atoms with Crippen molar-refractivity contribution in [2.45, 2.75) is 12.8 Å². The molecule has 0 saturated carbocycles. The third-order valence-electron chi connectivity index (χ3n) is 0.725. The van der Waals surface area contributed by atoms with E-state index in [4.69, 9.17) is 5.11 Å². The van der Waals surface area contributed by atoms with Gasteiger partial charge in [0, 0.05) is 13.0 Å². The fraction of sp³-hybridized carbons (Fsp3) is 0.600. The highest BCUT2D eigenvalue weighted by atomic mass is 32.1. The number of hydrogen-bond donors (Lipinski definition) is 1. The number of aliphatic carboxylic acids is 1. The fourth-order valence-electron chi connectivity index (χ4n) is 0.355. The molecular formula is C5H7NO2S. The quantitative estimate of drug-likeness (QED) is 0.364. The Bertz CT molecular complexity index is 138. The van der Waals surface area contributed by atoms with Crippen molar-refractivity contribution in [3.63, 3.8) is 0 Å². The molecule has 0 amide bonds. The zero-order chi connectivity index (χ0) is 7.11.